The van der Waals surface area contributed by atoms with Crippen LogP contribution in [0.2, 0.25) is 0 Å². The summed E-state index contributed by atoms with van der Waals surface area (Å²) in [6.07, 6.45) is 6.01. The standard InChI is InChI=1S/C13H23NO3/c1-10(13(16)17-2)7-8-14-9-11-5-3-4-6-12(11)15/h7,11-12,14-15H,3-6,8-9H2,1-2H3. The Morgan fingerprint density at radius 3 is 2.82 bits per heavy atom. The number of hydrogen-bond acceptors (Lipinski definition) is 4. The summed E-state index contributed by atoms with van der Waals surface area (Å²) in [6, 6.07) is 0. The van der Waals surface area contributed by atoms with E-state index in [9.17, 15) is 9.90 Å². The van der Waals surface area contributed by atoms with Crippen LogP contribution in [0, 0.1) is 5.92 Å². The van der Waals surface area contributed by atoms with Crippen molar-refractivity contribution >= 4 is 5.97 Å². The monoisotopic (exact) mass is 241 g/mol. The SMILES string of the molecule is COC(=O)C(C)=CCNCC1CCCCC1O. The molecule has 0 aliphatic heterocycles. The minimum atomic E-state index is -0.287. The van der Waals surface area contributed by atoms with Gasteiger partial charge in [-0.05, 0) is 25.7 Å². The van der Waals surface area contributed by atoms with Gasteiger partial charge in [-0.25, -0.2) is 4.79 Å². The molecule has 2 atom stereocenters. The number of carbonyl (C=O) groups is 1. The lowest BCUT2D eigenvalue weighted by molar-refractivity contribution is -0.136. The topological polar surface area (TPSA) is 58.6 Å². The second kappa shape index (κ2) is 7.45. The first-order valence-corrected chi connectivity index (χ1v) is 6.29. The zero-order valence-corrected chi connectivity index (χ0v) is 10.7. The van der Waals surface area contributed by atoms with Gasteiger partial charge in [0.05, 0.1) is 13.2 Å². The molecular weight excluding hydrogens is 218 g/mol. The van der Waals surface area contributed by atoms with Gasteiger partial charge < -0.3 is 15.2 Å². The number of rotatable bonds is 5. The molecule has 2 N–H and O–H groups in total. The van der Waals surface area contributed by atoms with Crippen molar-refractivity contribution in [1.82, 2.24) is 5.32 Å². The summed E-state index contributed by atoms with van der Waals surface area (Å²) in [5.74, 6) is 0.0695. The van der Waals surface area contributed by atoms with Crippen molar-refractivity contribution < 1.29 is 14.6 Å². The Kier molecular flexibility index (Phi) is 6.22. The first-order valence-electron chi connectivity index (χ1n) is 6.29. The van der Waals surface area contributed by atoms with Crippen molar-refractivity contribution in [1.29, 1.82) is 0 Å². The van der Waals surface area contributed by atoms with Gasteiger partial charge in [0.25, 0.3) is 0 Å². The van der Waals surface area contributed by atoms with E-state index >= 15 is 0 Å². The fraction of sp³-hybridized carbons (Fsp3) is 0.769. The fourth-order valence-electron chi connectivity index (χ4n) is 2.16. The highest BCUT2D eigenvalue weighted by molar-refractivity contribution is 5.87. The molecule has 4 heteroatoms. The van der Waals surface area contributed by atoms with Crippen molar-refractivity contribution in [3.63, 3.8) is 0 Å². The van der Waals surface area contributed by atoms with Crippen LogP contribution in [0.15, 0.2) is 11.6 Å². The number of esters is 1. The number of methoxy groups -OCH3 is 1. The Labute approximate surface area is 103 Å². The average Bonchev–Trinajstić information content (AvgIpc) is 2.35. The maximum Gasteiger partial charge on any atom is 0.333 e. The summed E-state index contributed by atoms with van der Waals surface area (Å²) >= 11 is 0. The van der Waals surface area contributed by atoms with Crippen molar-refractivity contribution in [3.8, 4) is 0 Å². The molecule has 1 saturated carbocycles. The average molecular weight is 241 g/mol. The van der Waals surface area contributed by atoms with Crippen LogP contribution in [0.3, 0.4) is 0 Å². The normalized spacial score (nSPS) is 25.7. The summed E-state index contributed by atoms with van der Waals surface area (Å²) in [5.41, 5.74) is 0.615. The minimum Gasteiger partial charge on any atom is -0.466 e. The molecule has 4 nitrogen and oxygen atoms in total. The van der Waals surface area contributed by atoms with Crippen LogP contribution in [0.4, 0.5) is 0 Å². The van der Waals surface area contributed by atoms with E-state index in [0.717, 1.165) is 25.8 Å². The lowest BCUT2D eigenvalue weighted by atomic mass is 9.86. The molecule has 17 heavy (non-hydrogen) atoms. The third-order valence-corrected chi connectivity index (χ3v) is 3.34. The maximum atomic E-state index is 11.1. The molecule has 1 aliphatic carbocycles. The Hall–Kier alpha value is -0.870. The quantitative estimate of drug-likeness (QED) is 0.432. The molecule has 0 aromatic rings. The highest BCUT2D eigenvalue weighted by Gasteiger charge is 2.21. The van der Waals surface area contributed by atoms with Crippen molar-refractivity contribution in [2.45, 2.75) is 38.7 Å². The van der Waals surface area contributed by atoms with Gasteiger partial charge in [0.15, 0.2) is 0 Å². The summed E-state index contributed by atoms with van der Waals surface area (Å²) in [5, 5.41) is 13.0. The molecule has 0 aromatic carbocycles. The van der Waals surface area contributed by atoms with Gasteiger partial charge in [-0.3, -0.25) is 0 Å². The van der Waals surface area contributed by atoms with Gasteiger partial charge >= 0.3 is 5.97 Å². The van der Waals surface area contributed by atoms with E-state index in [1.807, 2.05) is 6.08 Å². The highest BCUT2D eigenvalue weighted by Crippen LogP contribution is 2.23. The van der Waals surface area contributed by atoms with Gasteiger partial charge in [-0.2, -0.15) is 0 Å². The van der Waals surface area contributed by atoms with Crippen molar-refractivity contribution in [2.24, 2.45) is 5.92 Å². The molecule has 0 bridgehead atoms. The number of aliphatic hydroxyl groups is 1. The largest absolute Gasteiger partial charge is 0.466 e. The molecule has 98 valence electrons. The molecule has 0 heterocycles. The molecule has 1 aliphatic rings. The van der Waals surface area contributed by atoms with Crippen LogP contribution in [0.25, 0.3) is 0 Å². The predicted molar refractivity (Wildman–Crippen MR) is 66.6 cm³/mol. The third kappa shape index (κ3) is 4.88. The van der Waals surface area contributed by atoms with E-state index in [-0.39, 0.29) is 12.1 Å². The molecule has 0 radical (unpaired) electrons. The molecule has 0 amide bonds. The van der Waals surface area contributed by atoms with Gasteiger partial charge in [0.2, 0.25) is 0 Å². The molecule has 0 aromatic heterocycles. The fourth-order valence-corrected chi connectivity index (χ4v) is 2.16. The van der Waals surface area contributed by atoms with Crippen LogP contribution < -0.4 is 5.32 Å². The predicted octanol–water partition coefficient (Wildman–Crippen LogP) is 1.25. The summed E-state index contributed by atoms with van der Waals surface area (Å²) in [7, 11) is 1.38. The van der Waals surface area contributed by atoms with E-state index in [2.05, 4.69) is 10.1 Å². The third-order valence-electron chi connectivity index (χ3n) is 3.34. The first kappa shape index (κ1) is 14.2. The van der Waals surface area contributed by atoms with Crippen LogP contribution in [-0.2, 0) is 9.53 Å². The molecule has 0 saturated heterocycles. The molecule has 1 fully saturated rings. The second-order valence-corrected chi connectivity index (χ2v) is 4.65. The van der Waals surface area contributed by atoms with Gasteiger partial charge in [0.1, 0.15) is 0 Å². The van der Waals surface area contributed by atoms with E-state index in [1.54, 1.807) is 6.92 Å². The minimum absolute atomic E-state index is 0.165. The number of ether oxygens (including phenoxy) is 1. The molecule has 1 rings (SSSR count). The Morgan fingerprint density at radius 1 is 1.47 bits per heavy atom. The van der Waals surface area contributed by atoms with E-state index < -0.39 is 0 Å². The highest BCUT2D eigenvalue weighted by atomic mass is 16.5. The zero-order valence-electron chi connectivity index (χ0n) is 10.7. The van der Waals surface area contributed by atoms with E-state index in [4.69, 9.17) is 0 Å². The number of nitrogens with one attached hydrogen (secondary N) is 1. The second-order valence-electron chi connectivity index (χ2n) is 4.65. The summed E-state index contributed by atoms with van der Waals surface area (Å²) in [6.45, 7) is 3.19. The maximum absolute atomic E-state index is 11.1. The Morgan fingerprint density at radius 2 is 2.18 bits per heavy atom. The lowest BCUT2D eigenvalue weighted by Gasteiger charge is -2.27. The van der Waals surface area contributed by atoms with Crippen molar-refractivity contribution in [2.75, 3.05) is 20.2 Å². The molecule has 2 unspecified atom stereocenters. The van der Waals surface area contributed by atoms with Crippen LogP contribution in [0.1, 0.15) is 32.6 Å². The molecular formula is C13H23NO3. The van der Waals surface area contributed by atoms with Crippen LogP contribution in [-0.4, -0.2) is 37.4 Å². The lowest BCUT2D eigenvalue weighted by Crippen LogP contribution is -2.34. The van der Waals surface area contributed by atoms with E-state index in [1.165, 1.54) is 13.5 Å². The smallest absolute Gasteiger partial charge is 0.333 e. The number of carbonyl (C=O) groups excluding carboxylic acids is 1. The number of hydrogen-bond donors (Lipinski definition) is 2. The van der Waals surface area contributed by atoms with E-state index in [0.29, 0.717) is 18.0 Å². The summed E-state index contributed by atoms with van der Waals surface area (Å²) in [4.78, 5) is 11.1. The zero-order chi connectivity index (χ0) is 12.7. The summed E-state index contributed by atoms with van der Waals surface area (Å²) < 4.78 is 4.60. The number of aliphatic hydroxyl groups excluding tert-OH is 1. The Balaban J connectivity index is 2.21. The molecule has 0 spiro atoms. The van der Waals surface area contributed by atoms with Gasteiger partial charge in [0, 0.05) is 18.7 Å². The van der Waals surface area contributed by atoms with Crippen LogP contribution in [0.5, 0.6) is 0 Å². The van der Waals surface area contributed by atoms with Crippen molar-refractivity contribution in [3.05, 3.63) is 11.6 Å². The van der Waals surface area contributed by atoms with Crippen LogP contribution >= 0.6 is 0 Å². The first-order chi connectivity index (χ1) is 8.15. The van der Waals surface area contributed by atoms with Gasteiger partial charge in [-0.15, -0.1) is 0 Å². The Bertz CT molecular complexity index is 276. The van der Waals surface area contributed by atoms with Gasteiger partial charge in [-0.1, -0.05) is 18.9 Å².